The molecule has 0 spiro atoms. The van der Waals surface area contributed by atoms with Crippen molar-refractivity contribution in [1.29, 1.82) is 0 Å². The first-order valence-corrected chi connectivity index (χ1v) is 4.66. The van der Waals surface area contributed by atoms with Crippen LogP contribution in [0.25, 0.3) is 5.57 Å². The smallest absolute Gasteiger partial charge is 0.225 e. The average Bonchev–Trinajstić information content (AvgIpc) is 2.87. The highest BCUT2D eigenvalue weighted by Gasteiger charge is 2.34. The summed E-state index contributed by atoms with van der Waals surface area (Å²) < 4.78 is 26.4. The average molecular weight is 207 g/mol. The summed E-state index contributed by atoms with van der Waals surface area (Å²) in [4.78, 5) is 11.3. The molecule has 0 saturated carbocycles. The molecule has 1 atom stereocenters. The number of halogens is 2. The second-order valence-electron chi connectivity index (χ2n) is 3.79. The van der Waals surface area contributed by atoms with Gasteiger partial charge < -0.3 is 5.32 Å². The van der Waals surface area contributed by atoms with E-state index in [2.05, 4.69) is 5.32 Å². The van der Waals surface area contributed by atoms with E-state index in [1.807, 2.05) is 6.08 Å². The van der Waals surface area contributed by atoms with Crippen molar-refractivity contribution in [2.75, 3.05) is 5.32 Å². The zero-order valence-corrected chi connectivity index (χ0v) is 7.68. The SMILES string of the molecule is O=C1CC2C=C2c2cc(F)cc(F)c2N1. The summed E-state index contributed by atoms with van der Waals surface area (Å²) in [5.74, 6) is -1.50. The summed E-state index contributed by atoms with van der Waals surface area (Å²) in [6.45, 7) is 0. The minimum Gasteiger partial charge on any atom is -0.323 e. The fourth-order valence-electron chi connectivity index (χ4n) is 1.95. The molecule has 1 aromatic carbocycles. The summed E-state index contributed by atoms with van der Waals surface area (Å²) in [6, 6.07) is 2.04. The lowest BCUT2D eigenvalue weighted by Gasteiger charge is -2.07. The fourth-order valence-corrected chi connectivity index (χ4v) is 1.95. The first-order chi connectivity index (χ1) is 7.15. The first kappa shape index (κ1) is 8.59. The maximum absolute atomic E-state index is 13.4. The van der Waals surface area contributed by atoms with Crippen molar-refractivity contribution in [3.63, 3.8) is 0 Å². The number of hydrogen-bond donors (Lipinski definition) is 1. The molecule has 1 N–H and O–H groups in total. The van der Waals surface area contributed by atoms with E-state index in [9.17, 15) is 13.6 Å². The van der Waals surface area contributed by atoms with Crippen molar-refractivity contribution in [3.8, 4) is 0 Å². The molecule has 2 nitrogen and oxygen atoms in total. The van der Waals surface area contributed by atoms with Crippen LogP contribution < -0.4 is 5.32 Å². The van der Waals surface area contributed by atoms with E-state index in [4.69, 9.17) is 0 Å². The molecule has 1 heterocycles. The van der Waals surface area contributed by atoms with E-state index in [0.717, 1.165) is 11.6 Å². The zero-order chi connectivity index (χ0) is 10.6. The minimum absolute atomic E-state index is 0.0625. The van der Waals surface area contributed by atoms with E-state index in [0.29, 0.717) is 12.0 Å². The van der Waals surface area contributed by atoms with Crippen LogP contribution in [0.5, 0.6) is 0 Å². The van der Waals surface area contributed by atoms with E-state index < -0.39 is 11.6 Å². The van der Waals surface area contributed by atoms with Crippen LogP contribution in [0, 0.1) is 17.6 Å². The van der Waals surface area contributed by atoms with Gasteiger partial charge in [-0.2, -0.15) is 0 Å². The molecule has 1 unspecified atom stereocenters. The highest BCUT2D eigenvalue weighted by Crippen LogP contribution is 2.46. The molecule has 0 fully saturated rings. The lowest BCUT2D eigenvalue weighted by atomic mass is 10.1. The quantitative estimate of drug-likeness (QED) is 0.695. The molecule has 1 amide bonds. The summed E-state index contributed by atoms with van der Waals surface area (Å²) in [6.07, 6.45) is 2.18. The van der Waals surface area contributed by atoms with E-state index >= 15 is 0 Å². The van der Waals surface area contributed by atoms with E-state index in [1.54, 1.807) is 0 Å². The molecule has 0 aromatic heterocycles. The van der Waals surface area contributed by atoms with Crippen molar-refractivity contribution in [3.05, 3.63) is 35.4 Å². The molecule has 0 radical (unpaired) electrons. The van der Waals surface area contributed by atoms with Crippen LogP contribution in [0.3, 0.4) is 0 Å². The van der Waals surface area contributed by atoms with Crippen molar-refractivity contribution >= 4 is 17.2 Å². The summed E-state index contributed by atoms with van der Waals surface area (Å²) in [7, 11) is 0. The number of allylic oxidation sites excluding steroid dienone is 2. The van der Waals surface area contributed by atoms with E-state index in [1.165, 1.54) is 6.07 Å². The predicted octanol–water partition coefficient (Wildman–Crippen LogP) is 2.32. The van der Waals surface area contributed by atoms with Crippen LogP contribution in [0.15, 0.2) is 18.2 Å². The Labute approximate surface area is 84.6 Å². The van der Waals surface area contributed by atoms with Gasteiger partial charge in [-0.1, -0.05) is 6.08 Å². The van der Waals surface area contributed by atoms with Crippen LogP contribution >= 0.6 is 0 Å². The van der Waals surface area contributed by atoms with Gasteiger partial charge in [0, 0.05) is 24.0 Å². The standard InChI is InChI=1S/C11H7F2NO/c12-6-3-8-7-1-5(7)2-10(15)14-11(8)9(13)4-6/h1,3-5H,2H2,(H,14,15). The van der Waals surface area contributed by atoms with Crippen LogP contribution in [-0.2, 0) is 4.79 Å². The monoisotopic (exact) mass is 207 g/mol. The molecule has 3 rings (SSSR count). The van der Waals surface area contributed by atoms with Crippen molar-refractivity contribution in [1.82, 2.24) is 0 Å². The predicted molar refractivity (Wildman–Crippen MR) is 51.1 cm³/mol. The summed E-state index contributed by atoms with van der Waals surface area (Å²) in [5, 5.41) is 2.46. The number of benzene rings is 1. The second-order valence-corrected chi connectivity index (χ2v) is 3.79. The molecule has 4 heteroatoms. The maximum Gasteiger partial charge on any atom is 0.225 e. The Morgan fingerprint density at radius 1 is 1.33 bits per heavy atom. The number of rotatable bonds is 0. The molecule has 0 saturated heterocycles. The van der Waals surface area contributed by atoms with Gasteiger partial charge in [0.25, 0.3) is 0 Å². The first-order valence-electron chi connectivity index (χ1n) is 4.66. The largest absolute Gasteiger partial charge is 0.323 e. The zero-order valence-electron chi connectivity index (χ0n) is 7.68. The summed E-state index contributed by atoms with van der Waals surface area (Å²) >= 11 is 0. The van der Waals surface area contributed by atoms with Gasteiger partial charge in [-0.05, 0) is 11.6 Å². The fraction of sp³-hybridized carbons (Fsp3) is 0.182. The number of nitrogens with one attached hydrogen (secondary N) is 1. The molecule has 1 aliphatic heterocycles. The van der Waals surface area contributed by atoms with Gasteiger partial charge in [-0.25, -0.2) is 8.78 Å². The molecule has 1 aromatic rings. The minimum atomic E-state index is -0.716. The Morgan fingerprint density at radius 3 is 2.93 bits per heavy atom. The molecular weight excluding hydrogens is 200 g/mol. The Morgan fingerprint density at radius 2 is 2.13 bits per heavy atom. The Balaban J connectivity index is 2.21. The molecule has 1 aliphatic carbocycles. The van der Waals surface area contributed by atoms with E-state index in [-0.39, 0.29) is 17.5 Å². The van der Waals surface area contributed by atoms with Gasteiger partial charge in [-0.3, -0.25) is 4.79 Å². The lowest BCUT2D eigenvalue weighted by molar-refractivity contribution is -0.116. The van der Waals surface area contributed by atoms with Crippen molar-refractivity contribution < 1.29 is 13.6 Å². The van der Waals surface area contributed by atoms with Crippen molar-refractivity contribution in [2.24, 2.45) is 5.92 Å². The molecular formula is C11H7F2NO. The molecule has 15 heavy (non-hydrogen) atoms. The van der Waals surface area contributed by atoms with Gasteiger partial charge in [0.1, 0.15) is 11.6 Å². The number of amides is 1. The van der Waals surface area contributed by atoms with Crippen LogP contribution in [0.1, 0.15) is 12.0 Å². The Bertz CT molecular complexity index is 508. The van der Waals surface area contributed by atoms with Crippen molar-refractivity contribution in [2.45, 2.75) is 6.42 Å². The third-order valence-corrected chi connectivity index (χ3v) is 2.71. The number of anilines is 1. The lowest BCUT2D eigenvalue weighted by Crippen LogP contribution is -2.12. The summed E-state index contributed by atoms with van der Waals surface area (Å²) in [5.41, 5.74) is 1.44. The third-order valence-electron chi connectivity index (χ3n) is 2.71. The van der Waals surface area contributed by atoms with Gasteiger partial charge in [0.2, 0.25) is 5.91 Å². The Kier molecular flexibility index (Phi) is 1.52. The van der Waals surface area contributed by atoms with Crippen LogP contribution in [0.2, 0.25) is 0 Å². The maximum atomic E-state index is 13.4. The molecule has 76 valence electrons. The second kappa shape index (κ2) is 2.66. The number of carbonyl (C=O) groups is 1. The van der Waals surface area contributed by atoms with Gasteiger partial charge in [0.05, 0.1) is 5.69 Å². The highest BCUT2D eigenvalue weighted by molar-refractivity contribution is 6.02. The number of carbonyl (C=O) groups excluding carboxylic acids is 1. The third kappa shape index (κ3) is 1.25. The van der Waals surface area contributed by atoms with Gasteiger partial charge >= 0.3 is 0 Å². The van der Waals surface area contributed by atoms with Gasteiger partial charge in [-0.15, -0.1) is 0 Å². The van der Waals surface area contributed by atoms with Gasteiger partial charge in [0.15, 0.2) is 0 Å². The Hall–Kier alpha value is -1.71. The normalized spacial score (nSPS) is 22.1. The molecule has 0 bridgehead atoms. The molecule has 2 aliphatic rings. The van der Waals surface area contributed by atoms with Crippen LogP contribution in [-0.4, -0.2) is 5.91 Å². The van der Waals surface area contributed by atoms with Crippen LogP contribution in [0.4, 0.5) is 14.5 Å². The topological polar surface area (TPSA) is 29.1 Å². The number of fused-ring (bicyclic) bond motifs is 3. The number of hydrogen-bond acceptors (Lipinski definition) is 1. The highest BCUT2D eigenvalue weighted by atomic mass is 19.1.